The number of nitrogens with zero attached hydrogens (tertiary/aromatic N) is 1. The first-order valence-corrected chi connectivity index (χ1v) is 16.2. The Labute approximate surface area is 254 Å². The van der Waals surface area contributed by atoms with Gasteiger partial charge in [0.15, 0.2) is 0 Å². The van der Waals surface area contributed by atoms with Crippen molar-refractivity contribution in [2.24, 2.45) is 0 Å². The van der Waals surface area contributed by atoms with Gasteiger partial charge in [0.2, 0.25) is 0 Å². The van der Waals surface area contributed by atoms with E-state index in [4.69, 9.17) is 4.42 Å². The zero-order valence-electron chi connectivity index (χ0n) is 23.2. The van der Waals surface area contributed by atoms with Gasteiger partial charge >= 0.3 is 237 Å². The molecule has 3 heteroatoms. The number of anilines is 3. The molecule has 0 aliphatic heterocycles. The molecule has 2 aromatic heterocycles. The van der Waals surface area contributed by atoms with E-state index in [1.807, 2.05) is 12.1 Å². The molecule has 202 valence electrons. The van der Waals surface area contributed by atoms with Gasteiger partial charge in [0, 0.05) is 0 Å². The third kappa shape index (κ3) is 4.01. The molecule has 0 amide bonds. The van der Waals surface area contributed by atoms with Crippen molar-refractivity contribution in [3.63, 3.8) is 0 Å². The van der Waals surface area contributed by atoms with E-state index in [0.717, 1.165) is 39.0 Å². The summed E-state index contributed by atoms with van der Waals surface area (Å²) in [5, 5.41) is 7.67. The van der Waals surface area contributed by atoms with Crippen molar-refractivity contribution in [1.29, 1.82) is 0 Å². The summed E-state index contributed by atoms with van der Waals surface area (Å²) in [6.45, 7) is 0. The second-order valence-electron chi connectivity index (χ2n) is 11.0. The Morgan fingerprint density at radius 2 is 1.09 bits per heavy atom. The van der Waals surface area contributed by atoms with E-state index >= 15 is 0 Å². The fraction of sp³-hybridized carbons (Fsp3) is 0. The van der Waals surface area contributed by atoms with Crippen molar-refractivity contribution >= 4 is 83.6 Å². The van der Waals surface area contributed by atoms with Gasteiger partial charge in [-0.25, -0.2) is 0 Å². The zero-order valence-corrected chi connectivity index (χ0v) is 24.9. The molecule has 43 heavy (non-hydrogen) atoms. The van der Waals surface area contributed by atoms with Crippen LogP contribution in [0.3, 0.4) is 0 Å². The molecule has 0 unspecified atom stereocenters. The van der Waals surface area contributed by atoms with E-state index < -0.39 is 0 Å². The summed E-state index contributed by atoms with van der Waals surface area (Å²) in [5.74, 6) is 0. The molecule has 0 radical (unpaired) electrons. The number of furan rings is 1. The van der Waals surface area contributed by atoms with Crippen LogP contribution in [0.5, 0.6) is 0 Å². The number of fused-ring (bicyclic) bond motifs is 8. The van der Waals surface area contributed by atoms with Crippen LogP contribution in [-0.2, 0) is 0 Å². The molecule has 0 fully saturated rings. The Kier molecular flexibility index (Phi) is 5.55. The van der Waals surface area contributed by atoms with Crippen molar-refractivity contribution in [2.75, 3.05) is 4.90 Å². The third-order valence-electron chi connectivity index (χ3n) is 8.43. The minimum absolute atomic E-state index is 0.309. The normalized spacial score (nSPS) is 11.7. The van der Waals surface area contributed by atoms with Gasteiger partial charge in [-0.15, -0.1) is 0 Å². The van der Waals surface area contributed by atoms with Gasteiger partial charge in [0.1, 0.15) is 0 Å². The number of para-hydroxylation sites is 1. The molecule has 0 N–H and O–H groups in total. The fourth-order valence-electron chi connectivity index (χ4n) is 6.39. The van der Waals surface area contributed by atoms with Gasteiger partial charge in [-0.3, -0.25) is 0 Å². The molecule has 0 bridgehead atoms. The molecular formula is C40H25NOSe. The molecule has 0 aliphatic rings. The van der Waals surface area contributed by atoms with Crippen molar-refractivity contribution < 1.29 is 4.42 Å². The Morgan fingerprint density at radius 3 is 2.00 bits per heavy atom. The van der Waals surface area contributed by atoms with Crippen molar-refractivity contribution in [1.82, 2.24) is 0 Å². The summed E-state index contributed by atoms with van der Waals surface area (Å²) >= 11 is 0.309. The Hall–Kier alpha value is -5.08. The van der Waals surface area contributed by atoms with Crippen LogP contribution in [0.25, 0.3) is 63.1 Å². The molecular weight excluding hydrogens is 589 g/mol. The number of hydrogen-bond donors (Lipinski definition) is 0. The quantitative estimate of drug-likeness (QED) is 0.183. The van der Waals surface area contributed by atoms with Crippen LogP contribution in [0, 0.1) is 0 Å². The predicted octanol–water partition coefficient (Wildman–Crippen LogP) is 11.2. The summed E-state index contributed by atoms with van der Waals surface area (Å²) in [6.07, 6.45) is 0. The van der Waals surface area contributed by atoms with E-state index in [2.05, 4.69) is 144 Å². The summed E-state index contributed by atoms with van der Waals surface area (Å²) in [7, 11) is 0. The molecule has 7 aromatic carbocycles. The van der Waals surface area contributed by atoms with Crippen LogP contribution in [-0.4, -0.2) is 14.5 Å². The van der Waals surface area contributed by atoms with Gasteiger partial charge in [0.05, 0.1) is 0 Å². The summed E-state index contributed by atoms with van der Waals surface area (Å²) < 4.78 is 9.29. The Balaban J connectivity index is 1.25. The summed E-state index contributed by atoms with van der Waals surface area (Å²) in [6, 6.07) is 54.6. The van der Waals surface area contributed by atoms with E-state index in [0.29, 0.717) is 14.5 Å². The molecule has 9 rings (SSSR count). The molecule has 9 aromatic rings. The first-order chi connectivity index (χ1) is 21.3. The minimum atomic E-state index is 0.309. The van der Waals surface area contributed by atoms with Gasteiger partial charge in [-0.05, 0) is 0 Å². The molecule has 0 saturated heterocycles. The maximum absolute atomic E-state index is 6.33. The van der Waals surface area contributed by atoms with E-state index in [1.165, 1.54) is 41.2 Å². The van der Waals surface area contributed by atoms with Crippen LogP contribution in [0.1, 0.15) is 0 Å². The summed E-state index contributed by atoms with van der Waals surface area (Å²) in [5.41, 5.74) is 7.48. The average Bonchev–Trinajstić information content (AvgIpc) is 3.64. The van der Waals surface area contributed by atoms with E-state index in [-0.39, 0.29) is 0 Å². The Bertz CT molecular complexity index is 2470. The summed E-state index contributed by atoms with van der Waals surface area (Å²) in [4.78, 5) is 2.35. The van der Waals surface area contributed by atoms with Crippen LogP contribution in [0.2, 0.25) is 0 Å². The van der Waals surface area contributed by atoms with Gasteiger partial charge in [-0.1, -0.05) is 18.2 Å². The van der Waals surface area contributed by atoms with Gasteiger partial charge in [0.25, 0.3) is 0 Å². The topological polar surface area (TPSA) is 16.4 Å². The molecule has 0 saturated carbocycles. The molecule has 0 spiro atoms. The first kappa shape index (κ1) is 24.5. The number of rotatable bonds is 4. The van der Waals surface area contributed by atoms with Crippen molar-refractivity contribution in [3.05, 3.63) is 152 Å². The van der Waals surface area contributed by atoms with E-state index in [9.17, 15) is 0 Å². The second-order valence-corrected chi connectivity index (χ2v) is 13.2. The SMILES string of the molecule is c1ccc(-c2cccc(N(c3ccc4c(ccc5c6ccccc6[se]c45)c3)c3ccc4c(c3)oc3ccccc34)c2)cc1. The van der Waals surface area contributed by atoms with E-state index in [1.54, 1.807) is 0 Å². The zero-order chi connectivity index (χ0) is 28.3. The van der Waals surface area contributed by atoms with Crippen LogP contribution in [0.4, 0.5) is 17.1 Å². The molecule has 0 aliphatic carbocycles. The predicted molar refractivity (Wildman–Crippen MR) is 183 cm³/mol. The van der Waals surface area contributed by atoms with Crippen molar-refractivity contribution in [3.8, 4) is 11.1 Å². The third-order valence-corrected chi connectivity index (χ3v) is 11.0. The van der Waals surface area contributed by atoms with Crippen LogP contribution < -0.4 is 4.90 Å². The fourth-order valence-corrected chi connectivity index (χ4v) is 8.99. The average molecular weight is 615 g/mol. The van der Waals surface area contributed by atoms with Crippen LogP contribution >= 0.6 is 0 Å². The van der Waals surface area contributed by atoms with Crippen LogP contribution in [0.15, 0.2) is 156 Å². The van der Waals surface area contributed by atoms with Crippen molar-refractivity contribution in [2.45, 2.75) is 0 Å². The van der Waals surface area contributed by atoms with Gasteiger partial charge < -0.3 is 0 Å². The molecule has 2 nitrogen and oxygen atoms in total. The number of hydrogen-bond acceptors (Lipinski definition) is 2. The Morgan fingerprint density at radius 1 is 0.419 bits per heavy atom. The maximum atomic E-state index is 6.33. The van der Waals surface area contributed by atoms with Gasteiger partial charge in [-0.2, -0.15) is 0 Å². The standard InChI is InChI=1S/C40H25NOSe/c1-2-9-26(10-3-1)27-11-8-12-29(23-27)41(31-19-22-34-33-13-4-6-15-37(33)42-38(34)25-31)30-18-21-32-28(24-30)17-20-36-35-14-5-7-16-39(35)43-40(32)36/h1-25H. The monoisotopic (exact) mass is 615 g/mol. The second kappa shape index (κ2) is 9.74. The molecule has 0 atom stereocenters. The number of benzene rings is 7. The first-order valence-electron chi connectivity index (χ1n) is 14.5. The molecule has 2 heterocycles.